The Hall–Kier alpha value is -0.610. The molecule has 2 nitrogen and oxygen atoms in total. The van der Waals surface area contributed by atoms with Crippen molar-refractivity contribution in [2.45, 2.75) is 19.4 Å². The minimum absolute atomic E-state index is 0.132. The molecular weight excluding hydrogens is 287 g/mol. The highest BCUT2D eigenvalue weighted by Gasteiger charge is 2.15. The van der Waals surface area contributed by atoms with Crippen LogP contribution in [-0.2, 0) is 0 Å². The highest BCUT2D eigenvalue weighted by molar-refractivity contribution is 7.09. The number of halogens is 2. The van der Waals surface area contributed by atoms with Crippen molar-refractivity contribution < 1.29 is 0 Å². The van der Waals surface area contributed by atoms with E-state index in [1.165, 1.54) is 4.88 Å². The summed E-state index contributed by atoms with van der Waals surface area (Å²) in [6, 6.07) is 5.88. The van der Waals surface area contributed by atoms with Crippen LogP contribution < -0.4 is 5.32 Å². The molecule has 2 rings (SSSR count). The predicted molar refractivity (Wildman–Crippen MR) is 78.7 cm³/mol. The predicted octanol–water partition coefficient (Wildman–Crippen LogP) is 4.54. The molecule has 1 atom stereocenters. The lowest BCUT2D eigenvalue weighted by atomic mass is 10.1. The quantitative estimate of drug-likeness (QED) is 0.877. The summed E-state index contributed by atoms with van der Waals surface area (Å²) in [5, 5.41) is 4.67. The first kappa shape index (κ1) is 13.8. The number of benzene rings is 1. The first-order valence-electron chi connectivity index (χ1n) is 5.79. The van der Waals surface area contributed by atoms with Crippen molar-refractivity contribution in [1.82, 2.24) is 10.3 Å². The Labute approximate surface area is 121 Å². The van der Waals surface area contributed by atoms with Gasteiger partial charge in [0.25, 0.3) is 0 Å². The van der Waals surface area contributed by atoms with Crippen LogP contribution in [0.1, 0.15) is 29.8 Å². The van der Waals surface area contributed by atoms with Crippen LogP contribution in [0.25, 0.3) is 0 Å². The maximum atomic E-state index is 6.08. The Morgan fingerprint density at radius 1 is 1.33 bits per heavy atom. The van der Waals surface area contributed by atoms with E-state index in [1.807, 2.05) is 29.9 Å². The second-order valence-electron chi connectivity index (χ2n) is 3.96. The molecule has 1 heterocycles. The molecule has 1 aromatic heterocycles. The summed E-state index contributed by atoms with van der Waals surface area (Å²) in [6.07, 6.45) is 2.97. The van der Waals surface area contributed by atoms with Gasteiger partial charge in [0.15, 0.2) is 0 Å². The molecule has 0 spiro atoms. The van der Waals surface area contributed by atoms with Crippen molar-refractivity contribution in [3.05, 3.63) is 50.4 Å². The molecule has 96 valence electrons. The number of nitrogens with zero attached hydrogens (tertiary/aromatic N) is 1. The van der Waals surface area contributed by atoms with Gasteiger partial charge in [0.05, 0.1) is 21.6 Å². The molecule has 0 amide bonds. The molecule has 0 fully saturated rings. The Morgan fingerprint density at radius 2 is 2.17 bits per heavy atom. The zero-order valence-corrected chi connectivity index (χ0v) is 12.3. The van der Waals surface area contributed by atoms with Gasteiger partial charge in [-0.1, -0.05) is 36.2 Å². The molecule has 0 aliphatic rings. The van der Waals surface area contributed by atoms with Gasteiger partial charge in [0.1, 0.15) is 0 Å². The van der Waals surface area contributed by atoms with Gasteiger partial charge in [-0.15, -0.1) is 11.3 Å². The van der Waals surface area contributed by atoms with Crippen LogP contribution in [0.2, 0.25) is 10.0 Å². The van der Waals surface area contributed by atoms with Gasteiger partial charge in [0.2, 0.25) is 0 Å². The van der Waals surface area contributed by atoms with Crippen LogP contribution in [0.5, 0.6) is 0 Å². The SMILES string of the molecule is CCCNC(c1ccc(Cl)c(Cl)c1)c1cncs1. The molecular formula is C13H14Cl2N2S. The highest BCUT2D eigenvalue weighted by Crippen LogP contribution is 2.30. The Kier molecular flexibility index (Phi) is 5.01. The second-order valence-corrected chi connectivity index (χ2v) is 5.70. The van der Waals surface area contributed by atoms with E-state index >= 15 is 0 Å². The summed E-state index contributed by atoms with van der Waals surface area (Å²) in [6.45, 7) is 3.09. The van der Waals surface area contributed by atoms with E-state index in [-0.39, 0.29) is 6.04 Å². The maximum absolute atomic E-state index is 6.08. The molecule has 1 unspecified atom stereocenters. The van der Waals surface area contributed by atoms with Gasteiger partial charge in [-0.05, 0) is 30.7 Å². The highest BCUT2D eigenvalue weighted by atomic mass is 35.5. The molecule has 2 aromatic rings. The van der Waals surface area contributed by atoms with Crippen molar-refractivity contribution in [1.29, 1.82) is 0 Å². The van der Waals surface area contributed by atoms with Gasteiger partial charge in [-0.2, -0.15) is 0 Å². The zero-order valence-electron chi connectivity index (χ0n) is 9.99. The Bertz CT molecular complexity index is 500. The summed E-state index contributed by atoms with van der Waals surface area (Å²) in [5.74, 6) is 0. The van der Waals surface area contributed by atoms with Crippen molar-refractivity contribution in [2.24, 2.45) is 0 Å². The number of rotatable bonds is 5. The molecule has 0 saturated heterocycles. The average Bonchev–Trinajstić information content (AvgIpc) is 2.88. The third-order valence-electron chi connectivity index (χ3n) is 2.61. The van der Waals surface area contributed by atoms with Gasteiger partial charge >= 0.3 is 0 Å². The van der Waals surface area contributed by atoms with Crippen LogP contribution in [0.4, 0.5) is 0 Å². The molecule has 0 radical (unpaired) electrons. The fraction of sp³-hybridized carbons (Fsp3) is 0.308. The van der Waals surface area contributed by atoms with E-state index in [4.69, 9.17) is 23.2 Å². The van der Waals surface area contributed by atoms with Crippen molar-refractivity contribution in [3.8, 4) is 0 Å². The smallest absolute Gasteiger partial charge is 0.0794 e. The minimum Gasteiger partial charge on any atom is -0.306 e. The van der Waals surface area contributed by atoms with E-state index < -0.39 is 0 Å². The third-order valence-corrected chi connectivity index (χ3v) is 4.19. The van der Waals surface area contributed by atoms with Crippen LogP contribution in [0, 0.1) is 0 Å². The molecule has 0 saturated carbocycles. The topological polar surface area (TPSA) is 24.9 Å². The molecule has 1 aromatic carbocycles. The standard InChI is InChI=1S/C13H14Cl2N2S/c1-2-5-17-13(12-7-16-8-18-12)9-3-4-10(14)11(15)6-9/h3-4,6-8,13,17H,2,5H2,1H3. The molecule has 0 bridgehead atoms. The monoisotopic (exact) mass is 300 g/mol. The van der Waals surface area contributed by atoms with Gasteiger partial charge in [-0.25, -0.2) is 0 Å². The average molecular weight is 301 g/mol. The summed E-state index contributed by atoms with van der Waals surface area (Å²) in [5.41, 5.74) is 2.95. The number of hydrogen-bond acceptors (Lipinski definition) is 3. The number of thiazole rings is 1. The number of aromatic nitrogens is 1. The van der Waals surface area contributed by atoms with Crippen LogP contribution in [-0.4, -0.2) is 11.5 Å². The summed E-state index contributed by atoms with van der Waals surface area (Å²) in [4.78, 5) is 5.32. The molecule has 5 heteroatoms. The first-order valence-corrected chi connectivity index (χ1v) is 7.42. The van der Waals surface area contributed by atoms with Crippen molar-refractivity contribution >= 4 is 34.5 Å². The number of hydrogen-bond donors (Lipinski definition) is 1. The minimum atomic E-state index is 0.132. The second kappa shape index (κ2) is 6.53. The van der Waals surface area contributed by atoms with Gasteiger partial charge in [0, 0.05) is 11.1 Å². The fourth-order valence-electron chi connectivity index (χ4n) is 1.73. The van der Waals surface area contributed by atoms with E-state index in [9.17, 15) is 0 Å². The van der Waals surface area contributed by atoms with E-state index in [0.29, 0.717) is 10.0 Å². The van der Waals surface area contributed by atoms with E-state index in [2.05, 4.69) is 17.2 Å². The van der Waals surface area contributed by atoms with Crippen LogP contribution in [0.3, 0.4) is 0 Å². The molecule has 18 heavy (non-hydrogen) atoms. The normalized spacial score (nSPS) is 12.6. The number of nitrogens with one attached hydrogen (secondary N) is 1. The summed E-state index contributed by atoms with van der Waals surface area (Å²) in [7, 11) is 0. The van der Waals surface area contributed by atoms with Crippen LogP contribution in [0.15, 0.2) is 29.9 Å². The zero-order chi connectivity index (χ0) is 13.0. The van der Waals surface area contributed by atoms with E-state index in [0.717, 1.165) is 18.5 Å². The lowest BCUT2D eigenvalue weighted by molar-refractivity contribution is 0.605. The first-order chi connectivity index (χ1) is 8.72. The summed E-state index contributed by atoms with van der Waals surface area (Å²) < 4.78 is 0. The van der Waals surface area contributed by atoms with Gasteiger partial charge < -0.3 is 5.32 Å². The van der Waals surface area contributed by atoms with Crippen LogP contribution >= 0.6 is 34.5 Å². The Balaban J connectivity index is 2.30. The van der Waals surface area contributed by atoms with Crippen molar-refractivity contribution in [2.75, 3.05) is 6.54 Å². The molecule has 0 aliphatic heterocycles. The lowest BCUT2D eigenvalue weighted by Crippen LogP contribution is -2.22. The Morgan fingerprint density at radius 3 is 2.78 bits per heavy atom. The third kappa shape index (κ3) is 3.23. The molecule has 0 aliphatic carbocycles. The fourth-order valence-corrected chi connectivity index (χ4v) is 2.76. The summed E-state index contributed by atoms with van der Waals surface area (Å²) >= 11 is 13.7. The van der Waals surface area contributed by atoms with Crippen molar-refractivity contribution in [3.63, 3.8) is 0 Å². The maximum Gasteiger partial charge on any atom is 0.0794 e. The molecule has 1 N–H and O–H groups in total. The van der Waals surface area contributed by atoms with E-state index in [1.54, 1.807) is 11.3 Å². The van der Waals surface area contributed by atoms with Gasteiger partial charge in [-0.3, -0.25) is 4.98 Å². The lowest BCUT2D eigenvalue weighted by Gasteiger charge is -2.17. The largest absolute Gasteiger partial charge is 0.306 e.